The zero-order valence-electron chi connectivity index (χ0n) is 31.7. The molecule has 0 fully saturated rings. The number of unbranched alkanes of at least 4 members (excludes halogenated alkanes) is 1. The average Bonchev–Trinajstić information content (AvgIpc) is 3.49. The fourth-order valence-corrected chi connectivity index (χ4v) is 6.41. The van der Waals surface area contributed by atoms with E-state index in [4.69, 9.17) is 33.5 Å². The molecule has 4 rings (SSSR count). The topological polar surface area (TPSA) is 180 Å². The second-order valence-corrected chi connectivity index (χ2v) is 13.3. The van der Waals surface area contributed by atoms with Gasteiger partial charge in [-0.05, 0) is 73.3 Å². The molecule has 0 aliphatic heterocycles. The molecule has 2 aromatic carbocycles. The maximum Gasteiger partial charge on any atom is 0.408 e. The number of amides is 3. The quantitative estimate of drug-likeness (QED) is 0.0757. The monoisotopic (exact) mass is 767 g/mol. The van der Waals surface area contributed by atoms with E-state index in [1.54, 1.807) is 0 Å². The molecule has 0 saturated carbocycles. The molecule has 2 atom stereocenters. The van der Waals surface area contributed by atoms with Crippen LogP contribution in [0.25, 0.3) is 11.1 Å². The molecule has 2 aliphatic rings. The third-order valence-corrected chi connectivity index (χ3v) is 9.23. The van der Waals surface area contributed by atoms with E-state index in [1.807, 2.05) is 36.4 Å². The van der Waals surface area contributed by atoms with Crippen molar-refractivity contribution in [1.82, 2.24) is 16.0 Å². The fourth-order valence-electron chi connectivity index (χ4n) is 6.41. The molecule has 0 heterocycles. The minimum Gasteiger partial charge on any atom is -0.481 e. The molecule has 14 nitrogen and oxygen atoms in total. The van der Waals surface area contributed by atoms with Crippen molar-refractivity contribution in [2.24, 2.45) is 0 Å². The SMILES string of the molecule is O=C(O)CCOCCOCCOCCOCCNC(=O)[C@H](CCCCNC(=O)OCC1c2ccccc2-c2ccccc21)NC(=O)OC1/C=C\CCCCC1. The van der Waals surface area contributed by atoms with Crippen LogP contribution >= 0.6 is 0 Å². The van der Waals surface area contributed by atoms with Gasteiger partial charge in [0.2, 0.25) is 5.91 Å². The number of hydrogen-bond acceptors (Lipinski definition) is 10. The van der Waals surface area contributed by atoms with E-state index in [1.165, 1.54) is 0 Å². The smallest absolute Gasteiger partial charge is 0.408 e. The lowest BCUT2D eigenvalue weighted by molar-refractivity contribution is -0.138. The van der Waals surface area contributed by atoms with Gasteiger partial charge in [-0.3, -0.25) is 9.59 Å². The zero-order valence-corrected chi connectivity index (χ0v) is 31.7. The van der Waals surface area contributed by atoms with Gasteiger partial charge in [0, 0.05) is 19.0 Å². The Morgan fingerprint density at radius 3 is 2.02 bits per heavy atom. The Morgan fingerprint density at radius 1 is 0.709 bits per heavy atom. The van der Waals surface area contributed by atoms with Crippen molar-refractivity contribution in [3.63, 3.8) is 0 Å². The van der Waals surface area contributed by atoms with Gasteiger partial charge in [-0.2, -0.15) is 0 Å². The first kappa shape index (κ1) is 43.2. The Bertz CT molecular complexity index is 1460. The number of carbonyl (C=O) groups is 4. The van der Waals surface area contributed by atoms with Gasteiger partial charge in [0.25, 0.3) is 0 Å². The van der Waals surface area contributed by atoms with E-state index in [2.05, 4.69) is 40.2 Å². The predicted octanol–water partition coefficient (Wildman–Crippen LogP) is 5.34. The van der Waals surface area contributed by atoms with E-state index >= 15 is 0 Å². The molecule has 2 aromatic rings. The zero-order chi connectivity index (χ0) is 38.9. The van der Waals surface area contributed by atoms with E-state index < -0.39 is 24.2 Å². The van der Waals surface area contributed by atoms with Gasteiger partial charge >= 0.3 is 18.2 Å². The highest BCUT2D eigenvalue weighted by molar-refractivity contribution is 5.85. The second-order valence-electron chi connectivity index (χ2n) is 13.3. The van der Waals surface area contributed by atoms with Crippen molar-refractivity contribution in [2.75, 3.05) is 72.6 Å². The molecule has 1 unspecified atom stereocenters. The first-order chi connectivity index (χ1) is 26.9. The second kappa shape index (κ2) is 25.6. The van der Waals surface area contributed by atoms with Crippen LogP contribution in [0.4, 0.5) is 9.59 Å². The van der Waals surface area contributed by atoms with Gasteiger partial charge in [0.05, 0.1) is 59.3 Å². The lowest BCUT2D eigenvalue weighted by Crippen LogP contribution is -2.48. The van der Waals surface area contributed by atoms with Crippen molar-refractivity contribution < 1.29 is 52.7 Å². The lowest BCUT2D eigenvalue weighted by atomic mass is 9.98. The Balaban J connectivity index is 1.11. The molecule has 0 radical (unpaired) electrons. The summed E-state index contributed by atoms with van der Waals surface area (Å²) in [7, 11) is 0. The van der Waals surface area contributed by atoms with Gasteiger partial charge in [0.1, 0.15) is 18.8 Å². The maximum absolute atomic E-state index is 13.2. The number of alkyl carbamates (subject to hydrolysis) is 2. The highest BCUT2D eigenvalue weighted by Crippen LogP contribution is 2.44. The minimum absolute atomic E-state index is 0.0257. The summed E-state index contributed by atoms with van der Waals surface area (Å²) in [6.07, 6.45) is 8.77. The highest BCUT2D eigenvalue weighted by atomic mass is 16.6. The third-order valence-electron chi connectivity index (χ3n) is 9.23. The maximum atomic E-state index is 13.2. The summed E-state index contributed by atoms with van der Waals surface area (Å²) < 4.78 is 32.8. The minimum atomic E-state index is -0.901. The van der Waals surface area contributed by atoms with Gasteiger partial charge in [-0.25, -0.2) is 9.59 Å². The average molecular weight is 768 g/mol. The van der Waals surface area contributed by atoms with Crippen molar-refractivity contribution >= 4 is 24.1 Å². The lowest BCUT2D eigenvalue weighted by Gasteiger charge is -2.21. The van der Waals surface area contributed by atoms with Crippen LogP contribution in [0.1, 0.15) is 74.8 Å². The highest BCUT2D eigenvalue weighted by Gasteiger charge is 2.29. The molecule has 4 N–H and O–H groups in total. The summed E-state index contributed by atoms with van der Waals surface area (Å²) in [5, 5.41) is 17.0. The number of carboxylic acid groups (broad SMARTS) is 1. The molecule has 3 amide bonds. The molecular formula is C41H57N3O11. The summed E-state index contributed by atoms with van der Waals surface area (Å²) in [6.45, 7) is 3.32. The summed E-state index contributed by atoms with van der Waals surface area (Å²) in [5.41, 5.74) is 4.62. The van der Waals surface area contributed by atoms with Crippen molar-refractivity contribution in [2.45, 2.75) is 75.9 Å². The van der Waals surface area contributed by atoms with Crippen LogP contribution in [-0.2, 0) is 38.0 Å². The predicted molar refractivity (Wildman–Crippen MR) is 205 cm³/mol. The van der Waals surface area contributed by atoms with Crippen LogP contribution in [-0.4, -0.2) is 114 Å². The molecule has 0 aromatic heterocycles. The van der Waals surface area contributed by atoms with Crippen LogP contribution in [0.2, 0.25) is 0 Å². The molecule has 14 heteroatoms. The standard InChI is InChI=1S/C41H57N3O11/c45-38(46)19-22-50-24-26-52-28-29-53-27-25-51-23-21-42-39(47)37(44-41(49)55-31-12-4-2-1-3-5-13-31)18-10-11-20-43-40(48)54-30-36-34-16-8-6-14-32(34)33-15-7-9-17-35(33)36/h4,6-9,12,14-17,31,36-37H,1-3,5,10-11,13,18-30H2,(H,42,47)(H,43,48)(H,44,49)(H,45,46)/b12-4-/t31?,37-/m0/s1. The number of ether oxygens (including phenoxy) is 6. The Morgan fingerprint density at radius 2 is 1.35 bits per heavy atom. The van der Waals surface area contributed by atoms with E-state index in [0.717, 1.165) is 54.4 Å². The number of carboxylic acids is 1. The van der Waals surface area contributed by atoms with Gasteiger partial charge in [0.15, 0.2) is 0 Å². The molecule has 0 bridgehead atoms. The molecule has 2 aliphatic carbocycles. The van der Waals surface area contributed by atoms with E-state index in [9.17, 15) is 19.2 Å². The molecule has 302 valence electrons. The number of hydrogen-bond donors (Lipinski definition) is 4. The first-order valence-electron chi connectivity index (χ1n) is 19.5. The normalized spacial score (nSPS) is 16.1. The summed E-state index contributed by atoms with van der Waals surface area (Å²) in [6, 6.07) is 15.5. The van der Waals surface area contributed by atoms with E-state index in [-0.39, 0.29) is 50.7 Å². The Kier molecular flexibility index (Phi) is 20.1. The van der Waals surface area contributed by atoms with Crippen LogP contribution < -0.4 is 16.0 Å². The number of allylic oxidation sites excluding steroid dienone is 1. The number of fused-ring (bicyclic) bond motifs is 3. The Hall–Kier alpha value is -4.50. The molecule has 55 heavy (non-hydrogen) atoms. The summed E-state index contributed by atoms with van der Waals surface area (Å²) >= 11 is 0. The number of rotatable bonds is 25. The Labute approximate surface area is 323 Å². The molecular weight excluding hydrogens is 710 g/mol. The molecule has 0 spiro atoms. The van der Waals surface area contributed by atoms with Crippen LogP contribution in [0.15, 0.2) is 60.7 Å². The van der Waals surface area contributed by atoms with Crippen molar-refractivity contribution in [3.8, 4) is 11.1 Å². The largest absolute Gasteiger partial charge is 0.481 e. The molecule has 0 saturated heterocycles. The van der Waals surface area contributed by atoms with Gasteiger partial charge in [-0.1, -0.05) is 61.0 Å². The fraction of sp³-hybridized carbons (Fsp3) is 0.561. The van der Waals surface area contributed by atoms with E-state index in [0.29, 0.717) is 65.4 Å². The number of aliphatic carboxylic acids is 1. The number of nitrogens with one attached hydrogen (secondary N) is 3. The first-order valence-corrected chi connectivity index (χ1v) is 19.5. The summed E-state index contributed by atoms with van der Waals surface area (Å²) in [4.78, 5) is 49.1. The van der Waals surface area contributed by atoms with Crippen molar-refractivity contribution in [3.05, 3.63) is 71.8 Å². The summed E-state index contributed by atoms with van der Waals surface area (Å²) in [5.74, 6) is -1.28. The van der Waals surface area contributed by atoms with Gasteiger partial charge < -0.3 is 49.5 Å². The third kappa shape index (κ3) is 16.4. The van der Waals surface area contributed by atoms with Crippen LogP contribution in [0.3, 0.4) is 0 Å². The van der Waals surface area contributed by atoms with Crippen molar-refractivity contribution in [1.29, 1.82) is 0 Å². The number of benzene rings is 2. The van der Waals surface area contributed by atoms with Crippen LogP contribution in [0, 0.1) is 0 Å². The van der Waals surface area contributed by atoms with Gasteiger partial charge in [-0.15, -0.1) is 0 Å². The van der Waals surface area contributed by atoms with Crippen LogP contribution in [0.5, 0.6) is 0 Å². The number of carbonyl (C=O) groups excluding carboxylic acids is 3.